The average molecular weight is 300 g/mol. The summed E-state index contributed by atoms with van der Waals surface area (Å²) in [5.74, 6) is 0.828. The molecule has 3 heteroatoms. The molecule has 5 atom stereocenters. The summed E-state index contributed by atoms with van der Waals surface area (Å²) < 4.78 is 0. The van der Waals surface area contributed by atoms with Crippen molar-refractivity contribution in [1.82, 2.24) is 0 Å². The number of aromatic hydroxyl groups is 1. The zero-order chi connectivity index (χ0) is 15.6. The van der Waals surface area contributed by atoms with Crippen molar-refractivity contribution in [2.24, 2.45) is 17.3 Å². The summed E-state index contributed by atoms with van der Waals surface area (Å²) in [7, 11) is 0. The summed E-state index contributed by atoms with van der Waals surface area (Å²) in [6.07, 6.45) is 2.64. The Hall–Kier alpha value is -1.32. The fraction of sp³-hybridized carbons (Fsp3) is 0.579. The number of rotatable bonds is 0. The van der Waals surface area contributed by atoms with Crippen LogP contribution in [-0.2, 0) is 6.42 Å². The summed E-state index contributed by atoms with van der Waals surface area (Å²) in [4.78, 5) is 0. The van der Waals surface area contributed by atoms with Gasteiger partial charge in [-0.3, -0.25) is 0 Å². The fourth-order valence-electron chi connectivity index (χ4n) is 5.26. The predicted octanol–water partition coefficient (Wildman–Crippen LogP) is 2.88. The zero-order valence-electron chi connectivity index (χ0n) is 13.2. The standard InChI is InChI=1S/C19H24O3/c1-10-7-15-17-14(5-6-19(15,2)18(10)22)13-4-3-12(20)8-11(13)9-16(17)21/h3-4,8,10,15-16,18,20-22H,5-7,9H2,1-2H3/t10-,15?,16+,18+,19+/m1/s1. The number of phenolic OH excluding ortho intramolecular Hbond substituents is 1. The minimum Gasteiger partial charge on any atom is -0.508 e. The highest BCUT2D eigenvalue weighted by Gasteiger charge is 2.54. The van der Waals surface area contributed by atoms with E-state index in [2.05, 4.69) is 13.8 Å². The van der Waals surface area contributed by atoms with E-state index in [1.807, 2.05) is 6.07 Å². The summed E-state index contributed by atoms with van der Waals surface area (Å²) in [6.45, 7) is 4.31. The lowest BCUT2D eigenvalue weighted by Gasteiger charge is -2.45. The molecule has 3 nitrogen and oxygen atoms in total. The first-order valence-electron chi connectivity index (χ1n) is 8.33. The van der Waals surface area contributed by atoms with Crippen LogP contribution < -0.4 is 0 Å². The van der Waals surface area contributed by atoms with Gasteiger partial charge in [-0.05, 0) is 65.5 Å². The van der Waals surface area contributed by atoms with E-state index in [1.54, 1.807) is 12.1 Å². The topological polar surface area (TPSA) is 60.7 Å². The Morgan fingerprint density at radius 3 is 2.77 bits per heavy atom. The van der Waals surface area contributed by atoms with Gasteiger partial charge in [0.25, 0.3) is 0 Å². The highest BCUT2D eigenvalue weighted by atomic mass is 16.3. The number of aliphatic hydroxyl groups excluding tert-OH is 2. The summed E-state index contributed by atoms with van der Waals surface area (Å²) in [6, 6.07) is 5.51. The number of phenols is 1. The number of aliphatic hydroxyl groups is 2. The van der Waals surface area contributed by atoms with Gasteiger partial charge in [-0.1, -0.05) is 19.9 Å². The Labute approximate surface area is 131 Å². The van der Waals surface area contributed by atoms with E-state index in [0.29, 0.717) is 6.42 Å². The van der Waals surface area contributed by atoms with E-state index in [0.717, 1.165) is 30.4 Å². The first-order chi connectivity index (χ1) is 10.4. The predicted molar refractivity (Wildman–Crippen MR) is 85.4 cm³/mol. The Balaban J connectivity index is 1.87. The van der Waals surface area contributed by atoms with Crippen LogP contribution in [-0.4, -0.2) is 27.5 Å². The number of benzene rings is 1. The Bertz CT molecular complexity index is 663. The minimum atomic E-state index is -0.480. The van der Waals surface area contributed by atoms with Crippen molar-refractivity contribution in [3.05, 3.63) is 34.9 Å². The van der Waals surface area contributed by atoms with Crippen LogP contribution in [0.4, 0.5) is 0 Å². The highest BCUT2D eigenvalue weighted by molar-refractivity contribution is 5.76. The molecule has 3 aliphatic rings. The Morgan fingerprint density at radius 1 is 1.23 bits per heavy atom. The van der Waals surface area contributed by atoms with Gasteiger partial charge in [0.1, 0.15) is 5.75 Å². The molecular formula is C19H24O3. The third-order valence-electron chi connectivity index (χ3n) is 6.44. The van der Waals surface area contributed by atoms with Crippen LogP contribution in [0.25, 0.3) is 5.57 Å². The van der Waals surface area contributed by atoms with Gasteiger partial charge >= 0.3 is 0 Å². The lowest BCUT2D eigenvalue weighted by molar-refractivity contribution is 0.0138. The molecule has 0 spiro atoms. The van der Waals surface area contributed by atoms with Gasteiger partial charge in [0.2, 0.25) is 0 Å². The second-order valence-electron chi connectivity index (χ2n) is 7.71. The molecule has 3 N–H and O–H groups in total. The molecule has 0 saturated heterocycles. The molecule has 1 saturated carbocycles. The summed E-state index contributed by atoms with van der Waals surface area (Å²) >= 11 is 0. The third kappa shape index (κ3) is 1.76. The first-order valence-corrected chi connectivity index (χ1v) is 8.33. The van der Waals surface area contributed by atoms with Gasteiger partial charge in [0.15, 0.2) is 0 Å². The third-order valence-corrected chi connectivity index (χ3v) is 6.44. The van der Waals surface area contributed by atoms with Crippen LogP contribution in [0.5, 0.6) is 5.75 Å². The SMILES string of the molecule is C[C@@H]1CC2C3=C(CC[C@]2(C)[C@H]1O)c1ccc(O)cc1C[C@@H]3O. The number of hydrogen-bond donors (Lipinski definition) is 3. The molecule has 4 rings (SSSR count). The molecule has 0 aliphatic heterocycles. The van der Waals surface area contributed by atoms with Gasteiger partial charge in [-0.2, -0.15) is 0 Å². The molecule has 1 unspecified atom stereocenters. The maximum Gasteiger partial charge on any atom is 0.115 e. The zero-order valence-corrected chi connectivity index (χ0v) is 13.2. The smallest absolute Gasteiger partial charge is 0.115 e. The van der Waals surface area contributed by atoms with E-state index >= 15 is 0 Å². The Morgan fingerprint density at radius 2 is 2.00 bits per heavy atom. The minimum absolute atomic E-state index is 0.104. The first kappa shape index (κ1) is 14.3. The van der Waals surface area contributed by atoms with E-state index in [4.69, 9.17) is 0 Å². The summed E-state index contributed by atoms with van der Waals surface area (Å²) in [5.41, 5.74) is 4.55. The van der Waals surface area contributed by atoms with Crippen LogP contribution in [0, 0.1) is 17.3 Å². The second-order valence-corrected chi connectivity index (χ2v) is 7.71. The van der Waals surface area contributed by atoms with Crippen molar-refractivity contribution in [3.63, 3.8) is 0 Å². The van der Waals surface area contributed by atoms with Crippen LogP contribution in [0.15, 0.2) is 23.8 Å². The van der Waals surface area contributed by atoms with Gasteiger partial charge < -0.3 is 15.3 Å². The van der Waals surface area contributed by atoms with E-state index in [1.165, 1.54) is 11.1 Å². The molecule has 0 aromatic heterocycles. The lowest BCUT2D eigenvalue weighted by Crippen LogP contribution is -2.41. The molecule has 0 heterocycles. The van der Waals surface area contributed by atoms with Gasteiger partial charge in [-0.25, -0.2) is 0 Å². The van der Waals surface area contributed by atoms with Crippen LogP contribution >= 0.6 is 0 Å². The van der Waals surface area contributed by atoms with E-state index in [-0.39, 0.29) is 29.1 Å². The molecule has 1 fully saturated rings. The van der Waals surface area contributed by atoms with Crippen LogP contribution in [0.2, 0.25) is 0 Å². The highest BCUT2D eigenvalue weighted by Crippen LogP contribution is 2.59. The van der Waals surface area contributed by atoms with Crippen molar-refractivity contribution in [1.29, 1.82) is 0 Å². The molecule has 1 aromatic rings. The van der Waals surface area contributed by atoms with Crippen molar-refractivity contribution in [3.8, 4) is 5.75 Å². The lowest BCUT2D eigenvalue weighted by atomic mass is 9.61. The van der Waals surface area contributed by atoms with Crippen LogP contribution in [0.3, 0.4) is 0 Å². The van der Waals surface area contributed by atoms with Crippen molar-refractivity contribution in [2.75, 3.05) is 0 Å². The number of allylic oxidation sites excluding steroid dienone is 1. The van der Waals surface area contributed by atoms with Crippen LogP contribution in [0.1, 0.15) is 44.2 Å². The fourth-order valence-corrected chi connectivity index (χ4v) is 5.26. The summed E-state index contributed by atoms with van der Waals surface area (Å²) in [5, 5.41) is 31.1. The molecule has 0 amide bonds. The Kier molecular flexibility index (Phi) is 2.98. The number of fused-ring (bicyclic) bond motifs is 4. The van der Waals surface area contributed by atoms with Gasteiger partial charge in [-0.15, -0.1) is 0 Å². The average Bonchev–Trinajstić information content (AvgIpc) is 2.70. The largest absolute Gasteiger partial charge is 0.508 e. The van der Waals surface area contributed by atoms with Crippen molar-refractivity contribution in [2.45, 2.75) is 51.7 Å². The molecule has 22 heavy (non-hydrogen) atoms. The van der Waals surface area contributed by atoms with Gasteiger partial charge in [0.05, 0.1) is 12.2 Å². The molecule has 118 valence electrons. The monoisotopic (exact) mass is 300 g/mol. The molecule has 0 bridgehead atoms. The van der Waals surface area contributed by atoms with E-state index < -0.39 is 6.10 Å². The molecular weight excluding hydrogens is 276 g/mol. The molecule has 1 aromatic carbocycles. The second kappa shape index (κ2) is 4.59. The molecule has 3 aliphatic carbocycles. The maximum atomic E-state index is 10.8. The molecule has 0 radical (unpaired) electrons. The maximum absolute atomic E-state index is 10.8. The normalized spacial score (nSPS) is 40.2. The number of hydrogen-bond acceptors (Lipinski definition) is 3. The quantitative estimate of drug-likeness (QED) is 0.690. The van der Waals surface area contributed by atoms with E-state index in [9.17, 15) is 15.3 Å². The van der Waals surface area contributed by atoms with Crippen molar-refractivity contribution >= 4 is 5.57 Å². The van der Waals surface area contributed by atoms with Gasteiger partial charge in [0, 0.05) is 11.8 Å². The van der Waals surface area contributed by atoms with Crippen molar-refractivity contribution < 1.29 is 15.3 Å².